The number of nitrogens with one attached hydrogen (secondary N) is 4. The highest BCUT2D eigenvalue weighted by Gasteiger charge is 2.31. The van der Waals surface area contributed by atoms with Gasteiger partial charge in [0, 0.05) is 31.6 Å². The van der Waals surface area contributed by atoms with Crippen molar-refractivity contribution in [3.05, 3.63) is 65.2 Å². The molecule has 2 aromatic rings. The van der Waals surface area contributed by atoms with E-state index in [0.717, 1.165) is 49.5 Å². The molecule has 4 atom stereocenters. The summed E-state index contributed by atoms with van der Waals surface area (Å²) < 4.78 is 5.25. The van der Waals surface area contributed by atoms with Crippen LogP contribution in [0.4, 0.5) is 0 Å². The third-order valence-electron chi connectivity index (χ3n) is 8.80. The Bertz CT molecular complexity index is 1290. The number of methoxy groups -OCH3 is 1. The molecule has 2 aliphatic heterocycles. The largest absolute Gasteiger partial charge is 0.497 e. The quantitative estimate of drug-likeness (QED) is 0.353. The number of carbonyl (C=O) groups is 4. The zero-order valence-corrected chi connectivity index (χ0v) is 27.1. The predicted octanol–water partition coefficient (Wildman–Crippen LogP) is 3.19. The van der Waals surface area contributed by atoms with Crippen LogP contribution in [0.3, 0.4) is 0 Å². The Labute approximate surface area is 267 Å². The zero-order chi connectivity index (χ0) is 32.3. The van der Waals surface area contributed by atoms with E-state index in [-0.39, 0.29) is 24.2 Å². The molecule has 4 amide bonds. The Balaban J connectivity index is 1.57. The first kappa shape index (κ1) is 34.0. The Morgan fingerprint density at radius 2 is 1.60 bits per heavy atom. The van der Waals surface area contributed by atoms with E-state index in [9.17, 15) is 19.2 Å². The molecule has 0 aromatic heterocycles. The summed E-state index contributed by atoms with van der Waals surface area (Å²) in [5.41, 5.74) is 2.41. The molecule has 1 saturated carbocycles. The number of fused-ring (bicyclic) bond motifs is 18. The minimum absolute atomic E-state index is 0.190. The number of carbonyl (C=O) groups excluding carboxylic acids is 4. The summed E-state index contributed by atoms with van der Waals surface area (Å²) in [6.07, 6.45) is 5.11. The molecule has 5 rings (SSSR count). The van der Waals surface area contributed by atoms with Gasteiger partial charge in [-0.1, -0.05) is 44.5 Å². The molecule has 2 heterocycles. The molecule has 45 heavy (non-hydrogen) atoms. The van der Waals surface area contributed by atoms with Crippen LogP contribution in [0.1, 0.15) is 74.4 Å². The van der Waals surface area contributed by atoms with Crippen molar-refractivity contribution in [1.29, 1.82) is 0 Å². The fourth-order valence-electron chi connectivity index (χ4n) is 5.52. The molecule has 1 unspecified atom stereocenters. The van der Waals surface area contributed by atoms with Crippen LogP contribution in [0.5, 0.6) is 5.75 Å². The first-order chi connectivity index (χ1) is 21.7. The molecular weight excluding hydrogens is 570 g/mol. The van der Waals surface area contributed by atoms with E-state index in [0.29, 0.717) is 24.3 Å². The van der Waals surface area contributed by atoms with E-state index in [1.165, 1.54) is 12.8 Å². The fraction of sp³-hybridized carbons (Fsp3) is 0.543. The highest BCUT2D eigenvalue weighted by molar-refractivity contribution is 5.99. The standard InChI is InChI=1S/C35H49N5O5/c1-5-23(2)31-35(44)38-30(20-25-12-16-29(45-4)17-13-25)34(43)37-24(3)32(41)36-18-6-7-19-40(21-26-8-9-26)22-27-10-14-28(15-11-27)33(42)39-31/h10-17,23-24,26,30-31H,5-9,18-22H2,1-4H3,(H,36,41)(H,37,43)(H,38,44)(H,39,42)/t23-,24+,30-,31?/m0/s1. The van der Waals surface area contributed by atoms with Crippen molar-refractivity contribution in [2.75, 3.05) is 26.7 Å². The highest BCUT2D eigenvalue weighted by atomic mass is 16.5. The molecule has 0 radical (unpaired) electrons. The maximum absolute atomic E-state index is 13.7. The average molecular weight is 620 g/mol. The van der Waals surface area contributed by atoms with Gasteiger partial charge in [0.05, 0.1) is 7.11 Å². The molecular formula is C35H49N5O5. The number of nitrogens with zero attached hydrogens (tertiary/aromatic N) is 1. The first-order valence-electron chi connectivity index (χ1n) is 16.3. The van der Waals surface area contributed by atoms with E-state index in [1.54, 1.807) is 26.2 Å². The lowest BCUT2D eigenvalue weighted by atomic mass is 9.96. The SMILES string of the molecule is CC[C@H](C)C1NC(=O)c2ccc(cc2)CN(CC2CC2)CCCCNC(=O)[C@@H](C)NC(=O)[C@H](Cc2ccc(OC)cc2)NC1=O. The van der Waals surface area contributed by atoms with Crippen molar-refractivity contribution in [3.8, 4) is 5.75 Å². The summed E-state index contributed by atoms with van der Waals surface area (Å²) >= 11 is 0. The van der Waals surface area contributed by atoms with Crippen LogP contribution < -0.4 is 26.0 Å². The van der Waals surface area contributed by atoms with Crippen LogP contribution in [-0.4, -0.2) is 73.4 Å². The summed E-state index contributed by atoms with van der Waals surface area (Å²) in [5, 5.41) is 11.5. The second-order valence-corrected chi connectivity index (χ2v) is 12.6. The molecule has 1 aliphatic carbocycles. The van der Waals surface area contributed by atoms with Gasteiger partial charge in [-0.15, -0.1) is 0 Å². The van der Waals surface area contributed by atoms with Gasteiger partial charge in [0.2, 0.25) is 17.7 Å². The van der Waals surface area contributed by atoms with Crippen molar-refractivity contribution in [1.82, 2.24) is 26.2 Å². The van der Waals surface area contributed by atoms with Gasteiger partial charge < -0.3 is 26.0 Å². The second kappa shape index (κ2) is 16.4. The monoisotopic (exact) mass is 619 g/mol. The number of rotatable bonds is 7. The molecule has 2 bridgehead atoms. The van der Waals surface area contributed by atoms with Crippen LogP contribution in [-0.2, 0) is 27.3 Å². The van der Waals surface area contributed by atoms with Gasteiger partial charge >= 0.3 is 0 Å². The number of ether oxygens (including phenoxy) is 1. The third-order valence-corrected chi connectivity index (χ3v) is 8.80. The third kappa shape index (κ3) is 10.3. The van der Waals surface area contributed by atoms with Gasteiger partial charge in [-0.3, -0.25) is 24.1 Å². The molecule has 4 N–H and O–H groups in total. The van der Waals surface area contributed by atoms with Crippen LogP contribution in [0, 0.1) is 11.8 Å². The van der Waals surface area contributed by atoms with Gasteiger partial charge in [0.25, 0.3) is 5.91 Å². The first-order valence-corrected chi connectivity index (χ1v) is 16.3. The number of hydrogen-bond acceptors (Lipinski definition) is 6. The second-order valence-electron chi connectivity index (χ2n) is 12.6. The van der Waals surface area contributed by atoms with Gasteiger partial charge in [-0.2, -0.15) is 0 Å². The Kier molecular flexibility index (Phi) is 12.4. The van der Waals surface area contributed by atoms with Crippen LogP contribution in [0.25, 0.3) is 0 Å². The Morgan fingerprint density at radius 3 is 2.24 bits per heavy atom. The maximum atomic E-state index is 13.7. The van der Waals surface area contributed by atoms with E-state index in [1.807, 2.05) is 50.2 Å². The Morgan fingerprint density at radius 1 is 0.889 bits per heavy atom. The summed E-state index contributed by atoms with van der Waals surface area (Å²) in [6.45, 7) is 8.75. The number of hydrogen-bond donors (Lipinski definition) is 4. The lowest BCUT2D eigenvalue weighted by Crippen LogP contribution is -2.58. The molecule has 244 valence electrons. The van der Waals surface area contributed by atoms with Crippen LogP contribution >= 0.6 is 0 Å². The minimum Gasteiger partial charge on any atom is -0.497 e. The van der Waals surface area contributed by atoms with Crippen molar-refractivity contribution >= 4 is 23.6 Å². The van der Waals surface area contributed by atoms with E-state index >= 15 is 0 Å². The lowest BCUT2D eigenvalue weighted by molar-refractivity contribution is -0.132. The van der Waals surface area contributed by atoms with Crippen molar-refractivity contribution < 1.29 is 23.9 Å². The molecule has 0 saturated heterocycles. The van der Waals surface area contributed by atoms with Crippen molar-refractivity contribution in [3.63, 3.8) is 0 Å². The van der Waals surface area contributed by atoms with Crippen molar-refractivity contribution in [2.24, 2.45) is 11.8 Å². The van der Waals surface area contributed by atoms with Crippen LogP contribution in [0.2, 0.25) is 0 Å². The number of amides is 4. The van der Waals surface area contributed by atoms with E-state index < -0.39 is 29.9 Å². The van der Waals surface area contributed by atoms with E-state index in [2.05, 4.69) is 26.2 Å². The van der Waals surface area contributed by atoms with Gasteiger partial charge in [-0.25, -0.2) is 0 Å². The zero-order valence-electron chi connectivity index (χ0n) is 27.1. The minimum atomic E-state index is -0.976. The number of benzene rings is 2. The Hall–Kier alpha value is -3.92. The topological polar surface area (TPSA) is 129 Å². The fourth-order valence-corrected chi connectivity index (χ4v) is 5.52. The average Bonchev–Trinajstić information content (AvgIpc) is 3.86. The molecule has 3 aliphatic rings. The van der Waals surface area contributed by atoms with E-state index in [4.69, 9.17) is 4.74 Å². The smallest absolute Gasteiger partial charge is 0.251 e. The normalized spacial score (nSPS) is 23.6. The summed E-state index contributed by atoms with van der Waals surface area (Å²) in [7, 11) is 1.58. The highest BCUT2D eigenvalue weighted by Crippen LogP contribution is 2.30. The lowest BCUT2D eigenvalue weighted by Gasteiger charge is -2.27. The summed E-state index contributed by atoms with van der Waals surface area (Å²) in [6, 6.07) is 12.2. The molecule has 10 heteroatoms. The molecule has 0 spiro atoms. The summed E-state index contributed by atoms with van der Waals surface area (Å²) in [4.78, 5) is 56.0. The summed E-state index contributed by atoms with van der Waals surface area (Å²) in [5.74, 6) is -0.332. The molecule has 1 fully saturated rings. The molecule has 10 nitrogen and oxygen atoms in total. The predicted molar refractivity (Wildman–Crippen MR) is 174 cm³/mol. The van der Waals surface area contributed by atoms with Gasteiger partial charge in [0.15, 0.2) is 0 Å². The van der Waals surface area contributed by atoms with Crippen molar-refractivity contribution in [2.45, 2.75) is 84.0 Å². The molecule has 2 aromatic carbocycles. The van der Waals surface area contributed by atoms with Gasteiger partial charge in [-0.05, 0) is 86.4 Å². The maximum Gasteiger partial charge on any atom is 0.251 e. The van der Waals surface area contributed by atoms with Gasteiger partial charge in [0.1, 0.15) is 23.9 Å². The van der Waals surface area contributed by atoms with Crippen LogP contribution in [0.15, 0.2) is 48.5 Å².